The van der Waals surface area contributed by atoms with Gasteiger partial charge >= 0.3 is 0 Å². The Morgan fingerprint density at radius 2 is 1.92 bits per heavy atom. The summed E-state index contributed by atoms with van der Waals surface area (Å²) in [5.74, 6) is -0.391. The first-order valence-corrected chi connectivity index (χ1v) is 8.36. The van der Waals surface area contributed by atoms with Crippen molar-refractivity contribution in [1.82, 2.24) is 4.90 Å². The minimum absolute atomic E-state index is 0.0679. The summed E-state index contributed by atoms with van der Waals surface area (Å²) in [6.07, 6.45) is 2.56. The van der Waals surface area contributed by atoms with Crippen LogP contribution >= 0.6 is 0 Å². The van der Waals surface area contributed by atoms with Crippen molar-refractivity contribution in [3.8, 4) is 0 Å². The highest BCUT2D eigenvalue weighted by molar-refractivity contribution is 5.92. The highest BCUT2D eigenvalue weighted by Gasteiger charge is 2.27. The van der Waals surface area contributed by atoms with Crippen molar-refractivity contribution in [1.29, 1.82) is 0 Å². The van der Waals surface area contributed by atoms with E-state index in [9.17, 15) is 14.0 Å². The summed E-state index contributed by atoms with van der Waals surface area (Å²) < 4.78 is 18.0. The number of carbonyl (C=O) groups is 2. The lowest BCUT2D eigenvalue weighted by Gasteiger charge is -2.31. The Morgan fingerprint density at radius 3 is 2.50 bits per heavy atom. The van der Waals surface area contributed by atoms with Crippen LogP contribution < -0.4 is 5.32 Å². The molecular weight excluding hydrogens is 311 g/mol. The van der Waals surface area contributed by atoms with Crippen molar-refractivity contribution < 1.29 is 18.7 Å². The van der Waals surface area contributed by atoms with Crippen LogP contribution in [0.25, 0.3) is 0 Å². The second-order valence-corrected chi connectivity index (χ2v) is 6.24. The lowest BCUT2D eigenvalue weighted by Crippen LogP contribution is -2.41. The van der Waals surface area contributed by atoms with Gasteiger partial charge in [-0.2, -0.15) is 0 Å². The average molecular weight is 336 g/mol. The molecule has 0 aromatic heterocycles. The molecule has 6 heteroatoms. The summed E-state index contributed by atoms with van der Waals surface area (Å²) in [5.41, 5.74) is 0.591. The van der Waals surface area contributed by atoms with Gasteiger partial charge in [0.05, 0.1) is 6.10 Å². The summed E-state index contributed by atoms with van der Waals surface area (Å²) in [5, 5.41) is 2.81. The van der Waals surface area contributed by atoms with Crippen molar-refractivity contribution in [2.75, 3.05) is 25.5 Å². The van der Waals surface area contributed by atoms with Crippen molar-refractivity contribution in [2.45, 2.75) is 38.7 Å². The molecule has 2 rings (SSSR count). The van der Waals surface area contributed by atoms with Gasteiger partial charge in [0.1, 0.15) is 5.82 Å². The summed E-state index contributed by atoms with van der Waals surface area (Å²) >= 11 is 0. The zero-order chi connectivity index (χ0) is 17.5. The molecule has 1 fully saturated rings. The molecule has 24 heavy (non-hydrogen) atoms. The molecule has 2 amide bonds. The lowest BCUT2D eigenvalue weighted by atomic mass is 9.95. The topological polar surface area (TPSA) is 58.6 Å². The Kier molecular flexibility index (Phi) is 6.73. The van der Waals surface area contributed by atoms with Crippen LogP contribution in [-0.4, -0.2) is 43.0 Å². The van der Waals surface area contributed by atoms with Crippen LogP contribution in [0.2, 0.25) is 0 Å². The standard InChI is InChI=1S/C18H25FN2O3/c1-13(24-2)3-8-17(22)21-11-9-14(10-12-21)18(23)20-16-6-4-15(19)5-7-16/h4-7,13-14H,3,8-12H2,1-2H3,(H,20,23)/t13-/m0/s1. The second kappa shape index (κ2) is 8.78. The number of amides is 2. The predicted molar refractivity (Wildman–Crippen MR) is 90.0 cm³/mol. The van der Waals surface area contributed by atoms with Gasteiger partial charge in [-0.1, -0.05) is 0 Å². The minimum Gasteiger partial charge on any atom is -0.382 e. The molecule has 1 atom stereocenters. The van der Waals surface area contributed by atoms with Gasteiger partial charge in [-0.05, 0) is 50.5 Å². The zero-order valence-electron chi connectivity index (χ0n) is 14.3. The predicted octanol–water partition coefficient (Wildman–Crippen LogP) is 2.82. The maximum atomic E-state index is 12.9. The monoisotopic (exact) mass is 336 g/mol. The second-order valence-electron chi connectivity index (χ2n) is 6.24. The maximum Gasteiger partial charge on any atom is 0.227 e. The van der Waals surface area contributed by atoms with Crippen molar-refractivity contribution in [2.24, 2.45) is 5.92 Å². The van der Waals surface area contributed by atoms with Crippen molar-refractivity contribution in [3.05, 3.63) is 30.1 Å². The summed E-state index contributed by atoms with van der Waals surface area (Å²) in [4.78, 5) is 26.2. The molecule has 1 aromatic carbocycles. The Hall–Kier alpha value is -1.95. The van der Waals surface area contributed by atoms with E-state index in [2.05, 4.69) is 5.32 Å². The number of nitrogens with zero attached hydrogens (tertiary/aromatic N) is 1. The smallest absolute Gasteiger partial charge is 0.227 e. The van der Waals surface area contributed by atoms with Gasteiger partial charge in [0, 0.05) is 38.2 Å². The van der Waals surface area contributed by atoms with Gasteiger partial charge in [-0.15, -0.1) is 0 Å². The highest BCUT2D eigenvalue weighted by Crippen LogP contribution is 2.20. The normalized spacial score (nSPS) is 16.7. The summed E-state index contributed by atoms with van der Waals surface area (Å²) in [7, 11) is 1.64. The third-order valence-corrected chi connectivity index (χ3v) is 4.50. The lowest BCUT2D eigenvalue weighted by molar-refractivity contribution is -0.135. The van der Waals surface area contributed by atoms with E-state index in [1.165, 1.54) is 12.1 Å². The molecule has 1 aliphatic heterocycles. The van der Waals surface area contributed by atoms with E-state index in [-0.39, 0.29) is 29.7 Å². The first-order chi connectivity index (χ1) is 11.5. The fraction of sp³-hybridized carbons (Fsp3) is 0.556. The van der Waals surface area contributed by atoms with Crippen LogP contribution in [0, 0.1) is 11.7 Å². The van der Waals surface area contributed by atoms with Crippen LogP contribution in [0.5, 0.6) is 0 Å². The van der Waals surface area contributed by atoms with E-state index >= 15 is 0 Å². The largest absolute Gasteiger partial charge is 0.382 e. The van der Waals surface area contributed by atoms with Gasteiger partial charge in [-0.3, -0.25) is 9.59 Å². The molecule has 1 aliphatic rings. The van der Waals surface area contributed by atoms with Crippen molar-refractivity contribution in [3.63, 3.8) is 0 Å². The molecule has 0 radical (unpaired) electrons. The number of ether oxygens (including phenoxy) is 1. The molecule has 1 N–H and O–H groups in total. The number of nitrogens with one attached hydrogen (secondary N) is 1. The van der Waals surface area contributed by atoms with E-state index in [0.717, 1.165) is 0 Å². The van der Waals surface area contributed by atoms with E-state index in [1.807, 2.05) is 11.8 Å². The molecule has 1 aromatic rings. The molecule has 5 nitrogen and oxygen atoms in total. The molecule has 0 bridgehead atoms. The number of methoxy groups -OCH3 is 1. The molecular formula is C18H25FN2O3. The molecule has 132 valence electrons. The number of rotatable bonds is 6. The molecule has 0 saturated carbocycles. The van der Waals surface area contributed by atoms with E-state index in [4.69, 9.17) is 4.74 Å². The molecule has 0 aliphatic carbocycles. The average Bonchev–Trinajstić information content (AvgIpc) is 2.61. The van der Waals surface area contributed by atoms with E-state index in [1.54, 1.807) is 19.2 Å². The van der Waals surface area contributed by atoms with Gasteiger partial charge in [0.25, 0.3) is 0 Å². The maximum absolute atomic E-state index is 12.9. The minimum atomic E-state index is -0.331. The Labute approximate surface area is 142 Å². The number of carbonyl (C=O) groups excluding carboxylic acids is 2. The van der Waals surface area contributed by atoms with Crippen LogP contribution in [0.3, 0.4) is 0 Å². The number of anilines is 1. The van der Waals surface area contributed by atoms with E-state index < -0.39 is 0 Å². The molecule has 0 unspecified atom stereocenters. The van der Waals surface area contributed by atoms with Crippen LogP contribution in [0.4, 0.5) is 10.1 Å². The summed E-state index contributed by atoms with van der Waals surface area (Å²) in [6.45, 7) is 3.14. The quantitative estimate of drug-likeness (QED) is 0.869. The van der Waals surface area contributed by atoms with Crippen molar-refractivity contribution >= 4 is 17.5 Å². The number of benzene rings is 1. The number of likely N-dealkylation sites (tertiary alicyclic amines) is 1. The Balaban J connectivity index is 1.76. The zero-order valence-corrected chi connectivity index (χ0v) is 14.3. The number of hydrogen-bond acceptors (Lipinski definition) is 3. The summed E-state index contributed by atoms with van der Waals surface area (Å²) in [6, 6.07) is 5.72. The third-order valence-electron chi connectivity index (χ3n) is 4.50. The molecule has 1 heterocycles. The number of hydrogen-bond donors (Lipinski definition) is 1. The van der Waals surface area contributed by atoms with Gasteiger partial charge in [0.2, 0.25) is 11.8 Å². The van der Waals surface area contributed by atoms with Gasteiger partial charge in [-0.25, -0.2) is 4.39 Å². The Bertz CT molecular complexity index is 554. The van der Waals surface area contributed by atoms with Gasteiger partial charge in [0.15, 0.2) is 0 Å². The van der Waals surface area contributed by atoms with E-state index in [0.29, 0.717) is 44.5 Å². The highest BCUT2D eigenvalue weighted by atomic mass is 19.1. The number of halogens is 1. The molecule has 0 spiro atoms. The number of piperidine rings is 1. The van der Waals surface area contributed by atoms with Crippen LogP contribution in [0.15, 0.2) is 24.3 Å². The SMILES string of the molecule is CO[C@@H](C)CCC(=O)N1CCC(C(=O)Nc2ccc(F)cc2)CC1. The Morgan fingerprint density at radius 1 is 1.29 bits per heavy atom. The van der Waals surface area contributed by atoms with Gasteiger partial charge < -0.3 is 15.0 Å². The fourth-order valence-corrected chi connectivity index (χ4v) is 2.77. The fourth-order valence-electron chi connectivity index (χ4n) is 2.77. The third kappa shape index (κ3) is 5.30. The first-order valence-electron chi connectivity index (χ1n) is 8.36. The molecule has 1 saturated heterocycles. The van der Waals surface area contributed by atoms with Crippen LogP contribution in [0.1, 0.15) is 32.6 Å². The first kappa shape index (κ1) is 18.4. The van der Waals surface area contributed by atoms with Crippen LogP contribution in [-0.2, 0) is 14.3 Å².